The third-order valence-corrected chi connectivity index (χ3v) is 6.89. The molecule has 0 unspecified atom stereocenters. The standard InChI is InChI=1S/C20H21N3O3S3/c1-4-10-23-17-9-8-16(29(21,25)26)12-18(17)28-20(23)22-19(24)14-6-5-7-15(11-14)27-13(2)3/h4-9,11-13H,1,10H2,2-3H3,(H2,21,25,26). The summed E-state index contributed by atoms with van der Waals surface area (Å²) in [5.74, 6) is -0.354. The van der Waals surface area contributed by atoms with E-state index in [9.17, 15) is 13.2 Å². The van der Waals surface area contributed by atoms with Crippen LogP contribution in [-0.2, 0) is 16.6 Å². The molecule has 1 heterocycles. The lowest BCUT2D eigenvalue weighted by atomic mass is 10.2. The highest BCUT2D eigenvalue weighted by Crippen LogP contribution is 2.24. The minimum absolute atomic E-state index is 0.0216. The number of sulfonamides is 1. The molecule has 2 N–H and O–H groups in total. The van der Waals surface area contributed by atoms with E-state index in [1.165, 1.54) is 23.5 Å². The van der Waals surface area contributed by atoms with E-state index in [1.807, 2.05) is 22.8 Å². The first-order valence-corrected chi connectivity index (χ1v) is 12.1. The molecule has 3 rings (SSSR count). The largest absolute Gasteiger partial charge is 0.312 e. The molecule has 0 aliphatic rings. The van der Waals surface area contributed by atoms with Crippen LogP contribution in [0.3, 0.4) is 0 Å². The number of aromatic nitrogens is 1. The number of benzene rings is 2. The quantitative estimate of drug-likeness (QED) is 0.460. The number of hydrogen-bond donors (Lipinski definition) is 1. The molecule has 0 atom stereocenters. The molecule has 0 fully saturated rings. The maximum Gasteiger partial charge on any atom is 0.279 e. The van der Waals surface area contributed by atoms with Crippen molar-refractivity contribution in [3.63, 3.8) is 0 Å². The lowest BCUT2D eigenvalue weighted by molar-refractivity contribution is 0.0997. The number of fused-ring (bicyclic) bond motifs is 1. The van der Waals surface area contributed by atoms with Crippen molar-refractivity contribution in [2.45, 2.75) is 35.4 Å². The summed E-state index contributed by atoms with van der Waals surface area (Å²) in [6.07, 6.45) is 1.70. The second-order valence-corrected chi connectivity index (χ2v) is 10.8. The molecule has 0 aliphatic carbocycles. The summed E-state index contributed by atoms with van der Waals surface area (Å²) in [6, 6.07) is 12.0. The fraction of sp³-hybridized carbons (Fsp3) is 0.200. The van der Waals surface area contributed by atoms with Gasteiger partial charge in [0.1, 0.15) is 0 Å². The van der Waals surface area contributed by atoms with Crippen molar-refractivity contribution in [1.82, 2.24) is 4.57 Å². The maximum atomic E-state index is 12.8. The first-order valence-electron chi connectivity index (χ1n) is 8.82. The number of carbonyl (C=O) groups excluding carboxylic acids is 1. The molecule has 2 aromatic carbocycles. The minimum atomic E-state index is -3.81. The molecule has 0 radical (unpaired) electrons. The first kappa shape index (κ1) is 21.5. The third-order valence-electron chi connectivity index (χ3n) is 3.94. The number of hydrogen-bond acceptors (Lipinski definition) is 5. The van der Waals surface area contributed by atoms with E-state index >= 15 is 0 Å². The molecule has 9 heteroatoms. The lowest BCUT2D eigenvalue weighted by Crippen LogP contribution is -2.16. The second-order valence-electron chi connectivity index (χ2n) is 6.57. The topological polar surface area (TPSA) is 94.5 Å². The predicted molar refractivity (Wildman–Crippen MR) is 119 cm³/mol. The lowest BCUT2D eigenvalue weighted by Gasteiger charge is -2.05. The van der Waals surface area contributed by atoms with Gasteiger partial charge in [-0.3, -0.25) is 4.79 Å². The number of primary sulfonamides is 1. The van der Waals surface area contributed by atoms with Crippen LogP contribution in [0.25, 0.3) is 10.2 Å². The number of allylic oxidation sites excluding steroid dienone is 1. The summed E-state index contributed by atoms with van der Waals surface area (Å²) in [4.78, 5) is 18.6. The summed E-state index contributed by atoms with van der Waals surface area (Å²) in [7, 11) is -3.81. The van der Waals surface area contributed by atoms with Crippen molar-refractivity contribution in [3.05, 3.63) is 65.5 Å². The minimum Gasteiger partial charge on any atom is -0.312 e. The highest BCUT2D eigenvalue weighted by Gasteiger charge is 2.13. The predicted octanol–water partition coefficient (Wildman–Crippen LogP) is 3.78. The van der Waals surface area contributed by atoms with Gasteiger partial charge in [-0.05, 0) is 36.4 Å². The van der Waals surface area contributed by atoms with E-state index in [0.29, 0.717) is 26.9 Å². The molecule has 152 valence electrons. The third kappa shape index (κ3) is 5.05. The molecule has 1 amide bonds. The van der Waals surface area contributed by atoms with Crippen molar-refractivity contribution in [1.29, 1.82) is 0 Å². The summed E-state index contributed by atoms with van der Waals surface area (Å²) < 4.78 is 25.8. The Hall–Kier alpha value is -2.20. The zero-order valence-corrected chi connectivity index (χ0v) is 18.5. The molecule has 3 aromatic rings. The van der Waals surface area contributed by atoms with Gasteiger partial charge in [0.25, 0.3) is 5.91 Å². The molecule has 0 saturated heterocycles. The Morgan fingerprint density at radius 2 is 2.07 bits per heavy atom. The SMILES string of the molecule is C=CCn1c(=NC(=O)c2cccc(SC(C)C)c2)sc2cc(S(N)(=O)=O)ccc21. The highest BCUT2D eigenvalue weighted by molar-refractivity contribution is 7.99. The van der Waals surface area contributed by atoms with E-state index < -0.39 is 10.0 Å². The van der Waals surface area contributed by atoms with Gasteiger partial charge in [-0.1, -0.05) is 37.3 Å². The highest BCUT2D eigenvalue weighted by atomic mass is 32.2. The van der Waals surface area contributed by atoms with Gasteiger partial charge in [0.15, 0.2) is 4.80 Å². The van der Waals surface area contributed by atoms with Gasteiger partial charge in [-0.2, -0.15) is 4.99 Å². The van der Waals surface area contributed by atoms with Gasteiger partial charge in [0.2, 0.25) is 10.0 Å². The van der Waals surface area contributed by atoms with Gasteiger partial charge in [-0.15, -0.1) is 18.3 Å². The maximum absolute atomic E-state index is 12.8. The van der Waals surface area contributed by atoms with Crippen LogP contribution < -0.4 is 9.94 Å². The summed E-state index contributed by atoms with van der Waals surface area (Å²) in [5.41, 5.74) is 1.27. The molecule has 6 nitrogen and oxygen atoms in total. The van der Waals surface area contributed by atoms with Gasteiger partial charge in [0.05, 0.1) is 15.1 Å². The molecular formula is C20H21N3O3S3. The number of thiazole rings is 1. The Bertz CT molecular complexity index is 1250. The van der Waals surface area contributed by atoms with Crippen LogP contribution in [0.5, 0.6) is 0 Å². The van der Waals surface area contributed by atoms with Gasteiger partial charge < -0.3 is 4.57 Å². The number of carbonyl (C=O) groups is 1. The average molecular weight is 448 g/mol. The van der Waals surface area contributed by atoms with E-state index in [-0.39, 0.29) is 10.8 Å². The molecule has 0 aliphatic heterocycles. The van der Waals surface area contributed by atoms with E-state index in [4.69, 9.17) is 5.14 Å². The van der Waals surface area contributed by atoms with Gasteiger partial charge in [-0.25, -0.2) is 13.6 Å². The first-order chi connectivity index (χ1) is 13.7. The Labute approximate surface area is 177 Å². The molecule has 1 aromatic heterocycles. The van der Waals surface area contributed by atoms with Gasteiger partial charge in [0, 0.05) is 22.3 Å². The number of amides is 1. The van der Waals surface area contributed by atoms with Crippen molar-refractivity contribution in [2.75, 3.05) is 0 Å². The molecule has 29 heavy (non-hydrogen) atoms. The normalized spacial score (nSPS) is 12.6. The van der Waals surface area contributed by atoms with E-state index in [0.717, 1.165) is 10.4 Å². The summed E-state index contributed by atoms with van der Waals surface area (Å²) in [6.45, 7) is 8.37. The van der Waals surface area contributed by atoms with Crippen molar-refractivity contribution >= 4 is 49.2 Å². The molecule has 0 spiro atoms. The van der Waals surface area contributed by atoms with Gasteiger partial charge >= 0.3 is 0 Å². The Morgan fingerprint density at radius 3 is 2.72 bits per heavy atom. The van der Waals surface area contributed by atoms with Crippen LogP contribution in [-0.4, -0.2) is 24.1 Å². The smallest absolute Gasteiger partial charge is 0.279 e. The van der Waals surface area contributed by atoms with Crippen molar-refractivity contribution in [3.8, 4) is 0 Å². The van der Waals surface area contributed by atoms with Crippen molar-refractivity contribution < 1.29 is 13.2 Å². The Kier molecular flexibility index (Phi) is 6.42. The van der Waals surface area contributed by atoms with Crippen LogP contribution in [0.2, 0.25) is 0 Å². The van der Waals surface area contributed by atoms with E-state index in [2.05, 4.69) is 25.4 Å². The molecule has 0 saturated carbocycles. The van der Waals surface area contributed by atoms with Crippen LogP contribution in [0.1, 0.15) is 24.2 Å². The zero-order chi connectivity index (χ0) is 21.2. The summed E-state index contributed by atoms with van der Waals surface area (Å²) >= 11 is 2.91. The number of nitrogens with two attached hydrogens (primary N) is 1. The van der Waals surface area contributed by atoms with Crippen LogP contribution in [0, 0.1) is 0 Å². The second kappa shape index (κ2) is 8.66. The Morgan fingerprint density at radius 1 is 1.31 bits per heavy atom. The number of nitrogens with zero attached hydrogens (tertiary/aromatic N) is 2. The zero-order valence-electron chi connectivity index (χ0n) is 16.0. The van der Waals surface area contributed by atoms with Crippen LogP contribution in [0.4, 0.5) is 0 Å². The van der Waals surface area contributed by atoms with Crippen LogP contribution in [0.15, 0.2) is 69.9 Å². The van der Waals surface area contributed by atoms with Crippen molar-refractivity contribution in [2.24, 2.45) is 10.1 Å². The van der Waals surface area contributed by atoms with Crippen LogP contribution >= 0.6 is 23.1 Å². The van der Waals surface area contributed by atoms with E-state index in [1.54, 1.807) is 30.0 Å². The average Bonchev–Trinajstić information content (AvgIpc) is 2.97. The fourth-order valence-corrected chi connectivity index (χ4v) is 5.34. The molecular weight excluding hydrogens is 426 g/mol. The fourth-order valence-electron chi connectivity index (χ4n) is 2.75. The Balaban J connectivity index is 2.10. The molecule has 0 bridgehead atoms. The number of rotatable bonds is 6. The number of thioether (sulfide) groups is 1. The monoisotopic (exact) mass is 447 g/mol. The summed E-state index contributed by atoms with van der Waals surface area (Å²) in [5, 5.41) is 5.64.